The molecule has 14 heteroatoms. The first kappa shape index (κ1) is 39.6. The summed E-state index contributed by atoms with van der Waals surface area (Å²) in [6.45, 7) is 0. The summed E-state index contributed by atoms with van der Waals surface area (Å²) in [5.74, 6) is -6.91. The van der Waals surface area contributed by atoms with Crippen molar-refractivity contribution in [3.8, 4) is 11.5 Å². The summed E-state index contributed by atoms with van der Waals surface area (Å²) < 4.78 is 19.8. The van der Waals surface area contributed by atoms with E-state index in [9.17, 15) is 23.9 Å². The third kappa shape index (κ3) is 6.42. The topological polar surface area (TPSA) is 144 Å². The Bertz CT molecular complexity index is 2640. The van der Waals surface area contributed by atoms with Gasteiger partial charge < -0.3 is 14.7 Å². The van der Waals surface area contributed by atoms with Crippen LogP contribution in [0.3, 0.4) is 0 Å². The highest BCUT2D eigenvalue weighted by atomic mass is 35.5. The number of carbonyl (C=O) groups excluding carboxylic acids is 4. The molecule has 4 amide bonds. The quantitative estimate of drug-likeness (QED) is 0.0852. The van der Waals surface area contributed by atoms with Crippen LogP contribution in [-0.4, -0.2) is 54.9 Å². The molecule has 1 saturated carbocycles. The number of azo groups is 1. The second-order valence-corrected chi connectivity index (χ2v) is 16.3. The van der Waals surface area contributed by atoms with Crippen LogP contribution in [0.1, 0.15) is 29.9 Å². The summed E-state index contributed by atoms with van der Waals surface area (Å²) in [7, 11) is 5.36. The van der Waals surface area contributed by atoms with Crippen LogP contribution in [0.5, 0.6) is 11.5 Å². The maximum atomic E-state index is 15.4. The molecule has 4 aliphatic rings. The maximum absolute atomic E-state index is 15.4. The van der Waals surface area contributed by atoms with E-state index in [4.69, 9.17) is 16.3 Å². The molecule has 5 aromatic rings. The Balaban J connectivity index is 1.12. The molecule has 2 saturated heterocycles. The van der Waals surface area contributed by atoms with Gasteiger partial charge in [0.05, 0.1) is 53.0 Å². The van der Waals surface area contributed by atoms with Gasteiger partial charge in [-0.3, -0.25) is 29.5 Å². The number of ether oxygens (including phenoxy) is 1. The molecule has 308 valence electrons. The second kappa shape index (κ2) is 15.3. The molecule has 6 atom stereocenters. The average Bonchev–Trinajstić information content (AvgIpc) is 3.64. The highest BCUT2D eigenvalue weighted by Gasteiger charge is 2.71. The Hall–Kier alpha value is -6.86. The number of phenolic OH excluding ortho intramolecular Hbond substituents is 1. The number of phenols is 1. The fourth-order valence-corrected chi connectivity index (χ4v) is 9.95. The number of allylic oxidation sites excluding steroid dienone is 2. The predicted octanol–water partition coefficient (Wildman–Crippen LogP) is 8.86. The molecule has 2 aliphatic heterocycles. The molecule has 2 aliphatic carbocycles. The van der Waals surface area contributed by atoms with Crippen molar-refractivity contribution >= 4 is 63.7 Å². The lowest BCUT2D eigenvalue weighted by atomic mass is 9.49. The number of nitrogens with one attached hydrogen (secondary N) is 1. The fourth-order valence-electron chi connectivity index (χ4n) is 9.83. The van der Waals surface area contributed by atoms with E-state index in [1.54, 1.807) is 60.7 Å². The third-order valence-corrected chi connectivity index (χ3v) is 12.8. The van der Waals surface area contributed by atoms with Crippen LogP contribution >= 0.6 is 11.6 Å². The minimum Gasteiger partial charge on any atom is -0.508 e. The lowest BCUT2D eigenvalue weighted by molar-refractivity contribution is -0.138. The monoisotopic (exact) mass is 838 g/mol. The minimum atomic E-state index is -1.69. The zero-order valence-corrected chi connectivity index (χ0v) is 34.1. The van der Waals surface area contributed by atoms with Crippen molar-refractivity contribution in [3.63, 3.8) is 0 Å². The Morgan fingerprint density at radius 1 is 0.820 bits per heavy atom. The lowest BCUT2D eigenvalue weighted by Gasteiger charge is -2.50. The molecular formula is C47H40ClFN6O6. The van der Waals surface area contributed by atoms with Crippen LogP contribution < -0.4 is 20.0 Å². The Morgan fingerprint density at radius 2 is 1.48 bits per heavy atom. The van der Waals surface area contributed by atoms with Crippen molar-refractivity contribution in [1.82, 2.24) is 5.01 Å². The van der Waals surface area contributed by atoms with Gasteiger partial charge in [-0.1, -0.05) is 41.4 Å². The van der Waals surface area contributed by atoms with E-state index in [2.05, 4.69) is 15.7 Å². The molecule has 0 bridgehead atoms. The molecule has 2 heterocycles. The maximum Gasteiger partial charge on any atom is 0.260 e. The number of aromatic hydroxyl groups is 1. The third-order valence-electron chi connectivity index (χ3n) is 12.6. The summed E-state index contributed by atoms with van der Waals surface area (Å²) in [6, 6.07) is 31.0. The summed E-state index contributed by atoms with van der Waals surface area (Å²) >= 11 is 6.40. The number of hydrazine groups is 1. The van der Waals surface area contributed by atoms with Crippen molar-refractivity contribution in [2.24, 2.45) is 33.9 Å². The Labute approximate surface area is 355 Å². The number of halogens is 2. The van der Waals surface area contributed by atoms with Gasteiger partial charge in [0, 0.05) is 36.3 Å². The van der Waals surface area contributed by atoms with Crippen LogP contribution in [0, 0.1) is 29.5 Å². The van der Waals surface area contributed by atoms with E-state index in [0.717, 1.165) is 10.7 Å². The number of fused-ring (bicyclic) bond motifs is 4. The highest BCUT2D eigenvalue weighted by Crippen LogP contribution is 2.66. The van der Waals surface area contributed by atoms with E-state index >= 15 is 4.79 Å². The van der Waals surface area contributed by atoms with Crippen molar-refractivity contribution in [1.29, 1.82) is 0 Å². The van der Waals surface area contributed by atoms with E-state index in [1.807, 2.05) is 49.3 Å². The summed E-state index contributed by atoms with van der Waals surface area (Å²) in [5, 5.41) is 21.8. The van der Waals surface area contributed by atoms with Crippen LogP contribution in [-0.2, 0) is 24.6 Å². The average molecular weight is 839 g/mol. The van der Waals surface area contributed by atoms with Gasteiger partial charge >= 0.3 is 0 Å². The van der Waals surface area contributed by atoms with Gasteiger partial charge in [0.2, 0.25) is 11.8 Å². The summed E-state index contributed by atoms with van der Waals surface area (Å²) in [6.07, 6.45) is 2.09. The molecule has 0 aromatic heterocycles. The van der Waals surface area contributed by atoms with E-state index in [-0.39, 0.29) is 35.8 Å². The first-order chi connectivity index (χ1) is 29.4. The Kier molecular flexibility index (Phi) is 9.94. The number of methoxy groups -OCH3 is 1. The van der Waals surface area contributed by atoms with Crippen LogP contribution in [0.4, 0.5) is 32.8 Å². The van der Waals surface area contributed by atoms with E-state index in [0.29, 0.717) is 38.9 Å². The zero-order chi connectivity index (χ0) is 42.7. The molecule has 2 N–H and O–H groups in total. The number of hydrogen-bond donors (Lipinski definition) is 2. The van der Waals surface area contributed by atoms with Crippen molar-refractivity contribution in [2.45, 2.75) is 24.2 Å². The van der Waals surface area contributed by atoms with Crippen LogP contribution in [0.15, 0.2) is 137 Å². The minimum absolute atomic E-state index is 0.0237. The van der Waals surface area contributed by atoms with Gasteiger partial charge in [-0.25, -0.2) is 4.39 Å². The summed E-state index contributed by atoms with van der Waals surface area (Å²) in [4.78, 5) is 62.7. The number of rotatable bonds is 9. The number of imide groups is 2. The standard InChI is InChI=1S/C47H40ClFN6O6/c1-53(2)32-19-15-29(16-20-32)50-51-30-17-21-33(22-18-30)54-43(57)35-24-23-34-36(40(35)45(54)59)25-37-44(58)55(52-31-13-11-28(49)12-14-31)46(60)47(37,26-7-9-27(48)10-8-26)42(34)41-38(56)5-4-6-39(41)61-3/h4-23,35-37,40,42,52,56H,24-25H2,1-3H3. The highest BCUT2D eigenvalue weighted by molar-refractivity contribution is 6.30. The number of anilines is 3. The number of hydrogen-bond acceptors (Lipinski definition) is 10. The molecule has 9 rings (SSSR count). The van der Waals surface area contributed by atoms with Crippen molar-refractivity contribution < 1.29 is 33.4 Å². The van der Waals surface area contributed by atoms with Gasteiger partial charge in [0.25, 0.3) is 11.8 Å². The van der Waals surface area contributed by atoms with Gasteiger partial charge in [-0.05, 0) is 121 Å². The molecule has 61 heavy (non-hydrogen) atoms. The van der Waals surface area contributed by atoms with Gasteiger partial charge in [0.1, 0.15) is 17.3 Å². The first-order valence-corrected chi connectivity index (χ1v) is 20.2. The zero-order valence-electron chi connectivity index (χ0n) is 33.3. The van der Waals surface area contributed by atoms with Crippen molar-refractivity contribution in [3.05, 3.63) is 149 Å². The second-order valence-electron chi connectivity index (χ2n) is 15.9. The van der Waals surface area contributed by atoms with Crippen LogP contribution in [0.2, 0.25) is 5.02 Å². The lowest BCUT2D eigenvalue weighted by Crippen LogP contribution is -2.53. The molecule has 12 nitrogen and oxygen atoms in total. The molecular weight excluding hydrogens is 799 g/mol. The van der Waals surface area contributed by atoms with Gasteiger partial charge in [-0.2, -0.15) is 15.2 Å². The first-order valence-electron chi connectivity index (χ1n) is 19.8. The Morgan fingerprint density at radius 3 is 2.11 bits per heavy atom. The predicted molar refractivity (Wildman–Crippen MR) is 228 cm³/mol. The molecule has 0 spiro atoms. The molecule has 3 fully saturated rings. The molecule has 6 unspecified atom stereocenters. The number of nitrogens with zero attached hydrogens (tertiary/aromatic N) is 5. The SMILES string of the molecule is COc1cccc(O)c1C1C2=CCC3C(=O)N(c4ccc(N=Nc5ccc(N(C)C)cc5)cc4)C(=O)C3C2CC2C(=O)N(Nc3ccc(F)cc3)C(=O)C21c1ccc(Cl)cc1. The number of benzene rings is 5. The van der Waals surface area contributed by atoms with E-state index in [1.165, 1.54) is 42.3 Å². The molecule has 5 aromatic carbocycles. The normalized spacial score (nSPS) is 24.4. The number of carbonyl (C=O) groups is 4. The largest absolute Gasteiger partial charge is 0.508 e. The number of amides is 4. The van der Waals surface area contributed by atoms with Crippen LogP contribution in [0.25, 0.3) is 0 Å². The van der Waals surface area contributed by atoms with E-state index < -0.39 is 58.5 Å². The summed E-state index contributed by atoms with van der Waals surface area (Å²) in [5.41, 5.74) is 5.46. The van der Waals surface area contributed by atoms with Gasteiger partial charge in [0.15, 0.2) is 0 Å². The smallest absolute Gasteiger partial charge is 0.260 e. The fraction of sp³-hybridized carbons (Fsp3) is 0.234. The molecule has 0 radical (unpaired) electrons. The van der Waals surface area contributed by atoms with Gasteiger partial charge in [-0.15, -0.1) is 0 Å². The van der Waals surface area contributed by atoms with Crippen molar-refractivity contribution in [2.75, 3.05) is 36.4 Å².